The first-order valence-corrected chi connectivity index (χ1v) is 9.47. The Labute approximate surface area is 171 Å². The molecule has 30 heavy (non-hydrogen) atoms. The Balaban J connectivity index is 1.45. The van der Waals surface area contributed by atoms with Gasteiger partial charge in [0.15, 0.2) is 6.23 Å². The van der Waals surface area contributed by atoms with Gasteiger partial charge in [0.05, 0.1) is 32.0 Å². The molecule has 2 heterocycles. The summed E-state index contributed by atoms with van der Waals surface area (Å²) in [6.45, 7) is 2.19. The van der Waals surface area contributed by atoms with Crippen LogP contribution in [0.3, 0.4) is 0 Å². The summed E-state index contributed by atoms with van der Waals surface area (Å²) in [5, 5.41) is 8.26. The number of methoxy groups -OCH3 is 1. The van der Waals surface area contributed by atoms with E-state index in [9.17, 15) is 13.2 Å². The van der Waals surface area contributed by atoms with E-state index in [1.807, 2.05) is 24.3 Å². The third-order valence-electron chi connectivity index (χ3n) is 4.94. The van der Waals surface area contributed by atoms with Crippen molar-refractivity contribution in [1.29, 1.82) is 0 Å². The van der Waals surface area contributed by atoms with Crippen molar-refractivity contribution in [2.75, 3.05) is 20.3 Å². The lowest BCUT2D eigenvalue weighted by atomic mass is 10.1. The predicted octanol–water partition coefficient (Wildman–Crippen LogP) is 3.88. The fourth-order valence-electron chi connectivity index (χ4n) is 3.44. The predicted molar refractivity (Wildman–Crippen MR) is 103 cm³/mol. The maximum Gasteiger partial charge on any atom is 0.416 e. The molecule has 0 spiro atoms. The smallest absolute Gasteiger partial charge is 0.416 e. The number of rotatable bonds is 6. The fourth-order valence-corrected chi connectivity index (χ4v) is 3.44. The number of aromatic nitrogens is 3. The lowest BCUT2D eigenvalue weighted by Crippen LogP contribution is -2.23. The first-order valence-electron chi connectivity index (χ1n) is 9.47. The minimum Gasteiger partial charge on any atom is -0.497 e. The number of benzene rings is 2. The highest BCUT2D eigenvalue weighted by Gasteiger charge is 2.31. The average Bonchev–Trinajstić information content (AvgIpc) is 3.37. The summed E-state index contributed by atoms with van der Waals surface area (Å²) >= 11 is 0. The van der Waals surface area contributed by atoms with Crippen LogP contribution in [0.1, 0.15) is 28.6 Å². The van der Waals surface area contributed by atoms with Crippen LogP contribution in [0.4, 0.5) is 13.2 Å². The highest BCUT2D eigenvalue weighted by molar-refractivity contribution is 5.27. The van der Waals surface area contributed by atoms with Gasteiger partial charge in [-0.2, -0.15) is 13.2 Å². The van der Waals surface area contributed by atoms with Gasteiger partial charge in [-0.15, -0.1) is 5.10 Å². The van der Waals surface area contributed by atoms with Crippen molar-refractivity contribution in [1.82, 2.24) is 19.9 Å². The zero-order chi connectivity index (χ0) is 21.1. The Kier molecular flexibility index (Phi) is 5.74. The van der Waals surface area contributed by atoms with E-state index in [2.05, 4.69) is 15.2 Å². The lowest BCUT2D eigenvalue weighted by molar-refractivity contribution is -0.137. The molecule has 3 aromatic rings. The number of alkyl halides is 3. The Morgan fingerprint density at radius 1 is 1.10 bits per heavy atom. The highest BCUT2D eigenvalue weighted by atomic mass is 19.4. The molecule has 1 aliphatic rings. The van der Waals surface area contributed by atoms with Gasteiger partial charge in [-0.3, -0.25) is 4.90 Å². The summed E-state index contributed by atoms with van der Waals surface area (Å²) in [6.07, 6.45) is -3.00. The van der Waals surface area contributed by atoms with Crippen LogP contribution in [-0.4, -0.2) is 40.2 Å². The van der Waals surface area contributed by atoms with E-state index in [4.69, 9.17) is 9.47 Å². The minimum absolute atomic E-state index is 0.197. The second kappa shape index (κ2) is 8.45. The van der Waals surface area contributed by atoms with Crippen molar-refractivity contribution in [3.05, 3.63) is 77.1 Å². The molecule has 1 atom stereocenters. The monoisotopic (exact) mass is 418 g/mol. The Bertz CT molecular complexity index is 988. The first-order chi connectivity index (χ1) is 14.4. The molecular weight excluding hydrogens is 397 g/mol. The molecular formula is C21H21F3N4O2. The molecule has 1 saturated heterocycles. The number of halogens is 3. The van der Waals surface area contributed by atoms with E-state index in [0.717, 1.165) is 30.0 Å². The Hall–Kier alpha value is -2.91. The Morgan fingerprint density at radius 2 is 1.90 bits per heavy atom. The van der Waals surface area contributed by atoms with Gasteiger partial charge in [0.1, 0.15) is 11.4 Å². The quantitative estimate of drug-likeness (QED) is 0.608. The van der Waals surface area contributed by atoms with Crippen molar-refractivity contribution in [2.45, 2.75) is 25.5 Å². The lowest BCUT2D eigenvalue weighted by Gasteiger charge is -2.21. The number of hydrogen-bond donors (Lipinski definition) is 0. The summed E-state index contributed by atoms with van der Waals surface area (Å²) in [4.78, 5) is 2.14. The normalized spacial score (nSPS) is 17.4. The SMILES string of the molecule is COc1ccc(CN2CCO[C@H]2c2cn(Cc3cccc(C(F)(F)F)c3)nn2)cc1. The second-order valence-corrected chi connectivity index (χ2v) is 7.08. The van der Waals surface area contributed by atoms with Gasteiger partial charge in [-0.1, -0.05) is 29.5 Å². The van der Waals surface area contributed by atoms with E-state index in [1.165, 1.54) is 10.7 Å². The fraction of sp³-hybridized carbons (Fsp3) is 0.333. The van der Waals surface area contributed by atoms with Gasteiger partial charge in [0, 0.05) is 13.1 Å². The molecule has 0 saturated carbocycles. The summed E-state index contributed by atoms with van der Waals surface area (Å²) in [7, 11) is 1.63. The van der Waals surface area contributed by atoms with Crippen LogP contribution < -0.4 is 4.74 Å². The number of hydrogen-bond acceptors (Lipinski definition) is 5. The van der Waals surface area contributed by atoms with Crippen molar-refractivity contribution < 1.29 is 22.6 Å². The summed E-state index contributed by atoms with van der Waals surface area (Å²) in [6, 6.07) is 13.0. The van der Waals surface area contributed by atoms with Crippen molar-refractivity contribution >= 4 is 0 Å². The van der Waals surface area contributed by atoms with E-state index >= 15 is 0 Å². The maximum absolute atomic E-state index is 12.9. The van der Waals surface area contributed by atoms with Gasteiger partial charge >= 0.3 is 6.18 Å². The van der Waals surface area contributed by atoms with E-state index < -0.39 is 11.7 Å². The van der Waals surface area contributed by atoms with Crippen LogP contribution in [0.25, 0.3) is 0 Å². The van der Waals surface area contributed by atoms with Crippen LogP contribution in [0.15, 0.2) is 54.7 Å². The van der Waals surface area contributed by atoms with Gasteiger partial charge in [-0.05, 0) is 35.4 Å². The molecule has 158 valence electrons. The molecule has 1 aliphatic heterocycles. The van der Waals surface area contributed by atoms with Crippen LogP contribution in [-0.2, 0) is 24.0 Å². The second-order valence-electron chi connectivity index (χ2n) is 7.08. The molecule has 1 aromatic heterocycles. The third-order valence-corrected chi connectivity index (χ3v) is 4.94. The van der Waals surface area contributed by atoms with Crippen LogP contribution in [0.2, 0.25) is 0 Å². The molecule has 4 rings (SSSR count). The molecule has 0 bridgehead atoms. The first kappa shape index (κ1) is 20.4. The van der Waals surface area contributed by atoms with Gasteiger partial charge in [0.25, 0.3) is 0 Å². The highest BCUT2D eigenvalue weighted by Crippen LogP contribution is 2.30. The van der Waals surface area contributed by atoms with Crippen LogP contribution in [0.5, 0.6) is 5.75 Å². The molecule has 2 aromatic carbocycles. The van der Waals surface area contributed by atoms with Crippen LogP contribution >= 0.6 is 0 Å². The minimum atomic E-state index is -4.37. The molecule has 0 radical (unpaired) electrons. The van der Waals surface area contributed by atoms with Crippen molar-refractivity contribution in [3.63, 3.8) is 0 Å². The van der Waals surface area contributed by atoms with Crippen molar-refractivity contribution in [3.8, 4) is 5.75 Å². The van der Waals surface area contributed by atoms with Crippen LogP contribution in [0, 0.1) is 0 Å². The van der Waals surface area contributed by atoms with E-state index in [-0.39, 0.29) is 12.8 Å². The Morgan fingerprint density at radius 3 is 2.63 bits per heavy atom. The molecule has 0 N–H and O–H groups in total. The van der Waals surface area contributed by atoms with Gasteiger partial charge in [-0.25, -0.2) is 4.68 Å². The molecule has 6 nitrogen and oxygen atoms in total. The van der Waals surface area contributed by atoms with Gasteiger partial charge in [0.2, 0.25) is 0 Å². The third kappa shape index (κ3) is 4.63. The zero-order valence-corrected chi connectivity index (χ0v) is 16.3. The van der Waals surface area contributed by atoms with E-state index in [0.29, 0.717) is 24.4 Å². The molecule has 0 unspecified atom stereocenters. The maximum atomic E-state index is 12.9. The topological polar surface area (TPSA) is 52.4 Å². The largest absolute Gasteiger partial charge is 0.497 e. The van der Waals surface area contributed by atoms with Crippen molar-refractivity contribution in [2.24, 2.45) is 0 Å². The molecule has 9 heteroatoms. The number of ether oxygens (including phenoxy) is 2. The van der Waals surface area contributed by atoms with E-state index in [1.54, 1.807) is 19.4 Å². The van der Waals surface area contributed by atoms with Gasteiger partial charge < -0.3 is 9.47 Å². The summed E-state index contributed by atoms with van der Waals surface area (Å²) in [5.41, 5.74) is 1.57. The molecule has 1 fully saturated rings. The molecule has 0 aliphatic carbocycles. The standard InChI is InChI=1S/C21H21F3N4O2/c1-29-18-7-5-15(6-8-18)12-27-9-10-30-20(27)19-14-28(26-25-19)13-16-3-2-4-17(11-16)21(22,23)24/h2-8,11,14,20H,9-10,12-13H2,1H3/t20-/m0/s1. The number of nitrogens with zero attached hydrogens (tertiary/aromatic N) is 4. The summed E-state index contributed by atoms with van der Waals surface area (Å²) in [5.74, 6) is 0.797. The summed E-state index contributed by atoms with van der Waals surface area (Å²) < 4.78 is 51.3. The average molecular weight is 418 g/mol. The zero-order valence-electron chi connectivity index (χ0n) is 16.3. The molecule has 0 amide bonds.